The van der Waals surface area contributed by atoms with Gasteiger partial charge in [-0.15, -0.1) is 11.6 Å². The fourth-order valence-corrected chi connectivity index (χ4v) is 4.95. The van der Waals surface area contributed by atoms with Crippen molar-refractivity contribution >= 4 is 33.4 Å². The van der Waals surface area contributed by atoms with Gasteiger partial charge in [0.2, 0.25) is 10.0 Å². The van der Waals surface area contributed by atoms with Crippen LogP contribution in [0.5, 0.6) is 5.75 Å². The zero-order valence-corrected chi connectivity index (χ0v) is 14.4. The number of halogens is 1. The molecule has 0 aliphatic carbocycles. The van der Waals surface area contributed by atoms with E-state index in [1.54, 1.807) is 34.3 Å². The third-order valence-corrected chi connectivity index (χ3v) is 6.37. The lowest BCUT2D eigenvalue weighted by molar-refractivity contribution is 0.315. The third-order valence-electron chi connectivity index (χ3n) is 3.25. The summed E-state index contributed by atoms with van der Waals surface area (Å²) in [6.45, 7) is 3.75. The zero-order valence-electron chi connectivity index (χ0n) is 12.0. The van der Waals surface area contributed by atoms with E-state index < -0.39 is 10.0 Å². The number of benzene rings is 1. The van der Waals surface area contributed by atoms with Crippen molar-refractivity contribution in [2.24, 2.45) is 0 Å². The Bertz CT molecular complexity index is 572. The van der Waals surface area contributed by atoms with Crippen LogP contribution in [0.4, 0.5) is 0 Å². The SMILES string of the molecule is CCCOc1ccc(S(=O)(=O)N2CCSCC2)cc1CCl. The second-order valence-electron chi connectivity index (χ2n) is 4.77. The fraction of sp³-hybridized carbons (Fsp3) is 0.571. The molecule has 1 aromatic carbocycles. The molecule has 0 aromatic heterocycles. The van der Waals surface area contributed by atoms with Crippen LogP contribution in [-0.2, 0) is 15.9 Å². The van der Waals surface area contributed by atoms with Gasteiger partial charge in [-0.2, -0.15) is 16.1 Å². The first-order valence-corrected chi connectivity index (χ1v) is 10.1. The van der Waals surface area contributed by atoms with Gasteiger partial charge in [0, 0.05) is 30.2 Å². The van der Waals surface area contributed by atoms with Gasteiger partial charge in [0.1, 0.15) is 5.75 Å². The number of nitrogens with zero attached hydrogens (tertiary/aromatic N) is 1. The van der Waals surface area contributed by atoms with E-state index in [0.717, 1.165) is 23.5 Å². The molecule has 1 aliphatic rings. The average molecular weight is 350 g/mol. The number of alkyl halides is 1. The van der Waals surface area contributed by atoms with E-state index in [-0.39, 0.29) is 5.88 Å². The fourth-order valence-electron chi connectivity index (χ4n) is 2.11. The van der Waals surface area contributed by atoms with Crippen LogP contribution in [0.3, 0.4) is 0 Å². The Morgan fingerprint density at radius 1 is 1.33 bits per heavy atom. The molecular formula is C14H20ClNO3S2. The molecule has 0 spiro atoms. The first kappa shape index (κ1) is 16.9. The average Bonchev–Trinajstić information content (AvgIpc) is 2.53. The lowest BCUT2D eigenvalue weighted by Crippen LogP contribution is -2.37. The molecule has 2 rings (SSSR count). The van der Waals surface area contributed by atoms with Crippen LogP contribution in [0.1, 0.15) is 18.9 Å². The number of ether oxygens (including phenoxy) is 1. The number of hydrogen-bond donors (Lipinski definition) is 0. The van der Waals surface area contributed by atoms with E-state index in [9.17, 15) is 8.42 Å². The highest BCUT2D eigenvalue weighted by atomic mass is 35.5. The highest BCUT2D eigenvalue weighted by Gasteiger charge is 2.26. The minimum Gasteiger partial charge on any atom is -0.493 e. The Labute approximate surface area is 135 Å². The summed E-state index contributed by atoms with van der Waals surface area (Å²) in [5, 5.41) is 0. The van der Waals surface area contributed by atoms with E-state index in [0.29, 0.717) is 30.3 Å². The van der Waals surface area contributed by atoms with Crippen molar-refractivity contribution in [1.82, 2.24) is 4.31 Å². The van der Waals surface area contributed by atoms with Crippen LogP contribution in [0.2, 0.25) is 0 Å². The Kier molecular flexibility index (Phi) is 6.22. The van der Waals surface area contributed by atoms with Gasteiger partial charge in [-0.1, -0.05) is 6.92 Å². The highest BCUT2D eigenvalue weighted by molar-refractivity contribution is 7.99. The smallest absolute Gasteiger partial charge is 0.243 e. The summed E-state index contributed by atoms with van der Waals surface area (Å²) >= 11 is 7.71. The van der Waals surface area contributed by atoms with Crippen molar-refractivity contribution in [3.05, 3.63) is 23.8 Å². The molecule has 0 atom stereocenters. The molecule has 118 valence electrons. The Morgan fingerprint density at radius 2 is 2.05 bits per heavy atom. The lowest BCUT2D eigenvalue weighted by Gasteiger charge is -2.26. The van der Waals surface area contributed by atoms with Crippen LogP contribution in [0.25, 0.3) is 0 Å². The lowest BCUT2D eigenvalue weighted by atomic mass is 10.2. The topological polar surface area (TPSA) is 46.6 Å². The first-order valence-electron chi connectivity index (χ1n) is 6.99. The number of rotatable bonds is 6. The molecular weight excluding hydrogens is 330 g/mol. The summed E-state index contributed by atoms with van der Waals surface area (Å²) in [7, 11) is -3.43. The Balaban J connectivity index is 2.26. The van der Waals surface area contributed by atoms with Crippen LogP contribution in [0.15, 0.2) is 23.1 Å². The Morgan fingerprint density at radius 3 is 2.67 bits per heavy atom. The summed E-state index contributed by atoms with van der Waals surface area (Å²) in [5.74, 6) is 2.59. The number of sulfonamides is 1. The molecule has 0 unspecified atom stereocenters. The zero-order chi connectivity index (χ0) is 15.3. The molecule has 0 bridgehead atoms. The number of hydrogen-bond acceptors (Lipinski definition) is 4. The van der Waals surface area contributed by atoms with Crippen molar-refractivity contribution in [2.75, 3.05) is 31.2 Å². The second-order valence-corrected chi connectivity index (χ2v) is 8.20. The van der Waals surface area contributed by atoms with E-state index in [2.05, 4.69) is 0 Å². The second kappa shape index (κ2) is 7.72. The molecule has 0 radical (unpaired) electrons. The predicted molar refractivity (Wildman–Crippen MR) is 87.9 cm³/mol. The number of thioether (sulfide) groups is 1. The maximum atomic E-state index is 12.6. The van der Waals surface area contributed by atoms with Gasteiger partial charge in [0.05, 0.1) is 17.4 Å². The molecule has 1 heterocycles. The molecule has 7 heteroatoms. The third kappa shape index (κ3) is 4.06. The molecule has 21 heavy (non-hydrogen) atoms. The molecule has 1 saturated heterocycles. The van der Waals surface area contributed by atoms with Crippen molar-refractivity contribution in [1.29, 1.82) is 0 Å². The van der Waals surface area contributed by atoms with Crippen LogP contribution in [-0.4, -0.2) is 43.9 Å². The van der Waals surface area contributed by atoms with Crippen LogP contribution >= 0.6 is 23.4 Å². The van der Waals surface area contributed by atoms with Crippen molar-refractivity contribution in [3.63, 3.8) is 0 Å². The highest BCUT2D eigenvalue weighted by Crippen LogP contribution is 2.27. The summed E-state index contributed by atoms with van der Waals surface area (Å²) in [6.07, 6.45) is 0.896. The van der Waals surface area contributed by atoms with Gasteiger partial charge >= 0.3 is 0 Å². The van der Waals surface area contributed by atoms with Gasteiger partial charge in [-0.05, 0) is 24.6 Å². The van der Waals surface area contributed by atoms with Crippen molar-refractivity contribution in [2.45, 2.75) is 24.1 Å². The van der Waals surface area contributed by atoms with Crippen molar-refractivity contribution in [3.8, 4) is 5.75 Å². The van der Waals surface area contributed by atoms with Gasteiger partial charge in [0.15, 0.2) is 0 Å². The maximum absolute atomic E-state index is 12.6. The summed E-state index contributed by atoms with van der Waals surface area (Å²) < 4.78 is 32.4. The van der Waals surface area contributed by atoms with Gasteiger partial charge < -0.3 is 4.74 Å². The molecule has 4 nitrogen and oxygen atoms in total. The van der Waals surface area contributed by atoms with Crippen LogP contribution in [0, 0.1) is 0 Å². The molecule has 0 N–H and O–H groups in total. The monoisotopic (exact) mass is 349 g/mol. The van der Waals surface area contributed by atoms with Gasteiger partial charge in [-0.3, -0.25) is 0 Å². The predicted octanol–water partition coefficient (Wildman–Crippen LogP) is 2.95. The minimum absolute atomic E-state index is 0.234. The van der Waals surface area contributed by atoms with Crippen molar-refractivity contribution < 1.29 is 13.2 Å². The maximum Gasteiger partial charge on any atom is 0.243 e. The molecule has 1 aromatic rings. The normalized spacial score (nSPS) is 16.9. The van der Waals surface area contributed by atoms with Gasteiger partial charge in [0.25, 0.3) is 0 Å². The molecule has 1 fully saturated rings. The molecule has 0 amide bonds. The molecule has 0 saturated carbocycles. The Hall–Kier alpha value is -0.430. The minimum atomic E-state index is -3.43. The summed E-state index contributed by atoms with van der Waals surface area (Å²) in [4.78, 5) is 0.300. The first-order chi connectivity index (χ1) is 10.1. The molecule has 1 aliphatic heterocycles. The quantitative estimate of drug-likeness (QED) is 0.741. The van der Waals surface area contributed by atoms with Crippen LogP contribution < -0.4 is 4.74 Å². The van der Waals surface area contributed by atoms with E-state index >= 15 is 0 Å². The van der Waals surface area contributed by atoms with E-state index in [1.807, 2.05) is 6.92 Å². The standard InChI is InChI=1S/C14H20ClNO3S2/c1-2-7-19-14-4-3-13(10-12(14)11-15)21(17,18)16-5-8-20-9-6-16/h3-4,10H,2,5-9,11H2,1H3. The summed E-state index contributed by atoms with van der Waals surface area (Å²) in [6, 6.07) is 4.95. The summed E-state index contributed by atoms with van der Waals surface area (Å²) in [5.41, 5.74) is 0.720. The largest absolute Gasteiger partial charge is 0.493 e. The van der Waals surface area contributed by atoms with Gasteiger partial charge in [-0.25, -0.2) is 8.42 Å². The van der Waals surface area contributed by atoms with E-state index in [4.69, 9.17) is 16.3 Å². The van der Waals surface area contributed by atoms with E-state index in [1.165, 1.54) is 0 Å².